The quantitative estimate of drug-likeness (QED) is 0.604. The summed E-state index contributed by atoms with van der Waals surface area (Å²) >= 11 is 0. The van der Waals surface area contributed by atoms with E-state index in [2.05, 4.69) is 4.40 Å². The van der Waals surface area contributed by atoms with Crippen molar-refractivity contribution in [2.45, 2.75) is 31.7 Å². The standard InChI is InChI=1S/C12H13F4NOS/c1-11(2,3)19(18)17-7-8-5-4-6-9(10(8)13)12(14,15)16/h4-7H,1-3H3/b17-7+/t19-/m0/s1. The summed E-state index contributed by atoms with van der Waals surface area (Å²) in [5.41, 5.74) is -1.70. The second-order valence-corrected chi connectivity index (χ2v) is 6.74. The average molecular weight is 295 g/mol. The highest BCUT2D eigenvalue weighted by molar-refractivity contribution is 7.85. The smallest absolute Gasteiger partial charge is 0.234 e. The zero-order chi connectivity index (χ0) is 14.8. The summed E-state index contributed by atoms with van der Waals surface area (Å²) in [6.45, 7) is 4.97. The van der Waals surface area contributed by atoms with Gasteiger partial charge in [-0.15, -0.1) is 0 Å². The fraction of sp³-hybridized carbons (Fsp3) is 0.417. The molecule has 0 heterocycles. The molecule has 106 valence electrons. The molecule has 1 atom stereocenters. The van der Waals surface area contributed by atoms with Crippen LogP contribution in [0.3, 0.4) is 0 Å². The minimum atomic E-state index is -4.77. The Balaban J connectivity index is 3.11. The Morgan fingerprint density at radius 2 is 1.79 bits per heavy atom. The molecule has 0 spiro atoms. The van der Waals surface area contributed by atoms with E-state index in [1.165, 1.54) is 0 Å². The van der Waals surface area contributed by atoms with Crippen LogP contribution >= 0.6 is 0 Å². The van der Waals surface area contributed by atoms with Gasteiger partial charge in [0.05, 0.1) is 10.3 Å². The molecule has 1 aromatic carbocycles. The molecule has 0 saturated carbocycles. The average Bonchev–Trinajstić information content (AvgIpc) is 2.24. The lowest BCUT2D eigenvalue weighted by Crippen LogP contribution is -2.19. The summed E-state index contributed by atoms with van der Waals surface area (Å²) in [5, 5.41) is 0. The van der Waals surface area contributed by atoms with Gasteiger partial charge in [0.25, 0.3) is 0 Å². The van der Waals surface area contributed by atoms with Gasteiger partial charge in [-0.3, -0.25) is 0 Å². The summed E-state index contributed by atoms with van der Waals surface area (Å²) in [7, 11) is -1.65. The van der Waals surface area contributed by atoms with Crippen LogP contribution in [0.5, 0.6) is 0 Å². The first kappa shape index (κ1) is 15.8. The van der Waals surface area contributed by atoms with Crippen LogP contribution in [0, 0.1) is 5.82 Å². The van der Waals surface area contributed by atoms with Crippen molar-refractivity contribution in [1.29, 1.82) is 0 Å². The maximum Gasteiger partial charge on any atom is 0.419 e. The molecule has 7 heteroatoms. The maximum atomic E-state index is 13.6. The van der Waals surface area contributed by atoms with Gasteiger partial charge in [-0.2, -0.15) is 17.6 Å². The summed E-state index contributed by atoms with van der Waals surface area (Å²) in [6, 6.07) is 2.87. The van der Waals surface area contributed by atoms with Gasteiger partial charge < -0.3 is 0 Å². The second-order valence-electron chi connectivity index (χ2n) is 4.80. The largest absolute Gasteiger partial charge is 0.419 e. The number of benzene rings is 1. The van der Waals surface area contributed by atoms with Gasteiger partial charge in [-0.05, 0) is 26.8 Å². The molecule has 0 unspecified atom stereocenters. The Morgan fingerprint density at radius 1 is 1.21 bits per heavy atom. The Hall–Kier alpha value is -1.24. The van der Waals surface area contributed by atoms with E-state index >= 15 is 0 Å². The zero-order valence-corrected chi connectivity index (χ0v) is 11.4. The molecule has 0 saturated heterocycles. The molecule has 0 aliphatic heterocycles. The normalized spacial score (nSPS) is 14.9. The van der Waals surface area contributed by atoms with E-state index in [9.17, 15) is 21.8 Å². The molecule has 1 aromatic rings. The first-order valence-electron chi connectivity index (χ1n) is 5.35. The van der Waals surface area contributed by atoms with Crippen LogP contribution in [0.25, 0.3) is 0 Å². The highest BCUT2D eigenvalue weighted by atomic mass is 32.2. The third-order valence-electron chi connectivity index (χ3n) is 2.15. The van der Waals surface area contributed by atoms with Crippen molar-refractivity contribution in [3.05, 3.63) is 35.1 Å². The van der Waals surface area contributed by atoms with Crippen molar-refractivity contribution in [3.8, 4) is 0 Å². The lowest BCUT2D eigenvalue weighted by Gasteiger charge is -2.13. The van der Waals surface area contributed by atoms with Crippen molar-refractivity contribution >= 4 is 17.2 Å². The molecule has 0 aromatic heterocycles. The Bertz CT molecular complexity index is 517. The zero-order valence-electron chi connectivity index (χ0n) is 10.6. The van der Waals surface area contributed by atoms with Crippen LogP contribution in [0.1, 0.15) is 31.9 Å². The molecule has 0 N–H and O–H groups in total. The molecule has 0 bridgehead atoms. The number of halogens is 4. The number of alkyl halides is 3. The lowest BCUT2D eigenvalue weighted by atomic mass is 10.1. The summed E-state index contributed by atoms with van der Waals surface area (Å²) in [6.07, 6.45) is -3.90. The van der Waals surface area contributed by atoms with E-state index in [0.717, 1.165) is 18.3 Å². The van der Waals surface area contributed by atoms with Gasteiger partial charge in [-0.25, -0.2) is 8.60 Å². The third kappa shape index (κ3) is 4.12. The molecule has 0 amide bonds. The van der Waals surface area contributed by atoms with Crippen LogP contribution in [-0.2, 0) is 17.2 Å². The van der Waals surface area contributed by atoms with Crippen molar-refractivity contribution in [1.82, 2.24) is 0 Å². The van der Waals surface area contributed by atoms with Crippen LogP contribution < -0.4 is 0 Å². The molecule has 1 rings (SSSR count). The van der Waals surface area contributed by atoms with Gasteiger partial charge in [0.1, 0.15) is 16.8 Å². The monoisotopic (exact) mass is 295 g/mol. The minimum absolute atomic E-state index is 0.340. The Morgan fingerprint density at radius 3 is 2.26 bits per heavy atom. The highest BCUT2D eigenvalue weighted by Crippen LogP contribution is 2.32. The first-order valence-corrected chi connectivity index (χ1v) is 6.46. The predicted octanol–water partition coefficient (Wildman–Crippen LogP) is 3.73. The van der Waals surface area contributed by atoms with E-state index in [1.54, 1.807) is 20.8 Å². The van der Waals surface area contributed by atoms with Gasteiger partial charge in [0, 0.05) is 11.8 Å². The van der Waals surface area contributed by atoms with Crippen molar-refractivity contribution in [2.75, 3.05) is 0 Å². The highest BCUT2D eigenvalue weighted by Gasteiger charge is 2.34. The van der Waals surface area contributed by atoms with E-state index in [0.29, 0.717) is 6.07 Å². The van der Waals surface area contributed by atoms with Crippen LogP contribution in [0.15, 0.2) is 22.6 Å². The van der Waals surface area contributed by atoms with E-state index in [1.807, 2.05) is 0 Å². The molecule has 0 aliphatic rings. The summed E-state index contributed by atoms with van der Waals surface area (Å²) in [4.78, 5) is 0. The molecule has 2 nitrogen and oxygen atoms in total. The van der Waals surface area contributed by atoms with Crippen molar-refractivity contribution in [3.63, 3.8) is 0 Å². The Labute approximate surface area is 111 Å². The van der Waals surface area contributed by atoms with Crippen LogP contribution in [0.4, 0.5) is 17.6 Å². The van der Waals surface area contributed by atoms with Crippen LogP contribution in [0.2, 0.25) is 0 Å². The molecule has 0 radical (unpaired) electrons. The molecule has 19 heavy (non-hydrogen) atoms. The van der Waals surface area contributed by atoms with Crippen LogP contribution in [-0.4, -0.2) is 15.2 Å². The maximum absolute atomic E-state index is 13.6. The fourth-order valence-corrected chi connectivity index (χ4v) is 1.66. The number of hydrogen-bond acceptors (Lipinski definition) is 1. The Kier molecular flexibility index (Phi) is 4.50. The van der Waals surface area contributed by atoms with E-state index < -0.39 is 33.3 Å². The lowest BCUT2D eigenvalue weighted by molar-refractivity contribution is -0.140. The summed E-state index contributed by atoms with van der Waals surface area (Å²) in [5.74, 6) is -1.41. The van der Waals surface area contributed by atoms with Gasteiger partial charge in [-0.1, -0.05) is 12.1 Å². The minimum Gasteiger partial charge on any atom is -0.234 e. The number of hydrogen-bond donors (Lipinski definition) is 0. The second kappa shape index (κ2) is 5.40. The molecule has 0 aliphatic carbocycles. The fourth-order valence-electron chi connectivity index (χ4n) is 1.13. The SMILES string of the molecule is CC(C)(C)[S@](=O)/N=C/c1cccc(C(F)(F)F)c1F. The van der Waals surface area contributed by atoms with E-state index in [-0.39, 0.29) is 5.56 Å². The first-order chi connectivity index (χ1) is 8.53. The molecule has 0 fully saturated rings. The molecular weight excluding hydrogens is 282 g/mol. The number of nitrogens with zero attached hydrogens (tertiary/aromatic N) is 1. The van der Waals surface area contributed by atoms with Crippen molar-refractivity contribution < 1.29 is 21.8 Å². The summed E-state index contributed by atoms with van der Waals surface area (Å²) < 4.78 is 65.6. The van der Waals surface area contributed by atoms with Gasteiger partial charge >= 0.3 is 6.18 Å². The third-order valence-corrected chi connectivity index (χ3v) is 3.49. The van der Waals surface area contributed by atoms with E-state index in [4.69, 9.17) is 0 Å². The van der Waals surface area contributed by atoms with Gasteiger partial charge in [0.2, 0.25) is 0 Å². The predicted molar refractivity (Wildman–Crippen MR) is 66.9 cm³/mol. The molecular formula is C12H13F4NOS. The number of rotatable bonds is 2. The topological polar surface area (TPSA) is 29.4 Å². The van der Waals surface area contributed by atoms with Gasteiger partial charge in [0.15, 0.2) is 0 Å². The van der Waals surface area contributed by atoms with Crippen molar-refractivity contribution in [2.24, 2.45) is 4.40 Å².